The Hall–Kier alpha value is -1.54. The van der Waals surface area contributed by atoms with Gasteiger partial charge in [-0.25, -0.2) is 0 Å². The maximum Gasteiger partial charge on any atom is 0.252 e. The van der Waals surface area contributed by atoms with Crippen LogP contribution in [0.25, 0.3) is 0 Å². The van der Waals surface area contributed by atoms with E-state index in [1.807, 2.05) is 6.92 Å². The topological polar surface area (TPSA) is 100 Å². The third-order valence-corrected chi connectivity index (χ3v) is 4.98. The second-order valence-electron chi connectivity index (χ2n) is 7.63. The van der Waals surface area contributed by atoms with E-state index < -0.39 is 17.6 Å². The molecule has 166 valence electrons. The first kappa shape index (κ1) is 25.5. The molecule has 0 radical (unpaired) electrons. The fourth-order valence-corrected chi connectivity index (χ4v) is 2.93. The van der Waals surface area contributed by atoms with Gasteiger partial charge in [-0.2, -0.15) is 0 Å². The normalized spacial score (nSPS) is 26.2. The number of aliphatic hydroxyl groups excluding tert-OH is 1. The van der Waals surface area contributed by atoms with Gasteiger partial charge in [0, 0.05) is 31.7 Å². The van der Waals surface area contributed by atoms with Gasteiger partial charge in [0.15, 0.2) is 6.29 Å². The fraction of sp³-hybridized carbons (Fsp3) is 0.727. The number of carbonyl (C=O) groups excluding carboxylic acids is 1. The van der Waals surface area contributed by atoms with Gasteiger partial charge in [0.1, 0.15) is 5.60 Å². The average molecular weight is 411 g/mol. The van der Waals surface area contributed by atoms with Gasteiger partial charge < -0.3 is 25.0 Å². The molecule has 0 aromatic carbocycles. The number of ether oxygens (including phenoxy) is 2. The van der Waals surface area contributed by atoms with Crippen molar-refractivity contribution >= 4 is 12.1 Å². The molecule has 1 aliphatic carbocycles. The van der Waals surface area contributed by atoms with Crippen molar-refractivity contribution in [2.45, 2.75) is 89.8 Å². The molecule has 2 aliphatic rings. The van der Waals surface area contributed by atoms with E-state index in [0.717, 1.165) is 12.0 Å². The third kappa shape index (κ3) is 9.21. The van der Waals surface area contributed by atoms with Crippen molar-refractivity contribution in [2.75, 3.05) is 13.2 Å². The molecule has 7 nitrogen and oxygen atoms in total. The van der Waals surface area contributed by atoms with Crippen LogP contribution in [0.5, 0.6) is 0 Å². The van der Waals surface area contributed by atoms with Crippen molar-refractivity contribution in [1.29, 1.82) is 0 Å². The highest BCUT2D eigenvalue weighted by Crippen LogP contribution is 2.32. The fourth-order valence-electron chi connectivity index (χ4n) is 2.93. The number of amides is 1. The van der Waals surface area contributed by atoms with Crippen molar-refractivity contribution in [3.63, 3.8) is 0 Å². The molecule has 1 atom stereocenters. The number of hydrogen-bond donors (Lipinski definition) is 3. The number of rotatable bonds is 9. The van der Waals surface area contributed by atoms with Gasteiger partial charge in [0.25, 0.3) is 5.91 Å². The summed E-state index contributed by atoms with van der Waals surface area (Å²) in [6.07, 6.45) is 8.79. The highest BCUT2D eigenvalue weighted by molar-refractivity contribution is 5.86. The maximum absolute atomic E-state index is 12.4. The number of nitrogens with zero attached hydrogens (tertiary/aromatic N) is 1. The van der Waals surface area contributed by atoms with Crippen molar-refractivity contribution in [1.82, 2.24) is 5.32 Å². The van der Waals surface area contributed by atoms with Crippen molar-refractivity contribution < 1.29 is 24.5 Å². The smallest absolute Gasteiger partial charge is 0.252 e. The zero-order valence-corrected chi connectivity index (χ0v) is 18.1. The lowest BCUT2D eigenvalue weighted by Gasteiger charge is -2.40. The monoisotopic (exact) mass is 410 g/mol. The summed E-state index contributed by atoms with van der Waals surface area (Å²) >= 11 is 0. The predicted octanol–water partition coefficient (Wildman–Crippen LogP) is 2.87. The number of aliphatic imine (C=N–C) groups is 1. The summed E-state index contributed by atoms with van der Waals surface area (Å²) in [7, 11) is 0. The number of carbonyl (C=O) groups is 1. The first-order valence-corrected chi connectivity index (χ1v) is 10.6. The first-order chi connectivity index (χ1) is 13.9. The molecular weight excluding hydrogens is 372 g/mol. The van der Waals surface area contributed by atoms with Gasteiger partial charge >= 0.3 is 0 Å². The number of allylic oxidation sites excluding steroid dienone is 1. The van der Waals surface area contributed by atoms with Gasteiger partial charge in [-0.1, -0.05) is 39.3 Å². The van der Waals surface area contributed by atoms with E-state index in [4.69, 9.17) is 9.47 Å². The highest BCUT2D eigenvalue weighted by atomic mass is 16.7. The SMILES string of the molecule is C=CC=N/C=C(\C)C(CCC1OCCCO1)NC(=O)C1(O)CC(O)C1.CCCC. The number of aliphatic hydroxyl groups is 2. The standard InChI is InChI=1S/C18H28N2O5.C4H10/c1-3-7-19-12-13(2)15(5-6-16-24-8-4-9-25-16)20-17(22)18(23)10-14(21)11-18;1-3-4-2/h3,7,12,14-16,21,23H,1,4-6,8-11H2,2H3,(H,20,22);3-4H2,1-2H3/b13-12+,19-7?;. The predicted molar refractivity (Wildman–Crippen MR) is 115 cm³/mol. The Labute approximate surface area is 174 Å². The minimum Gasteiger partial charge on any atom is -0.393 e. The summed E-state index contributed by atoms with van der Waals surface area (Å²) in [5, 5.41) is 22.5. The average Bonchev–Trinajstić information content (AvgIpc) is 2.70. The van der Waals surface area contributed by atoms with Crippen LogP contribution in [-0.4, -0.2) is 59.6 Å². The van der Waals surface area contributed by atoms with Crippen molar-refractivity contribution in [3.05, 3.63) is 24.4 Å². The molecule has 1 aliphatic heterocycles. The number of hydrogen-bond acceptors (Lipinski definition) is 6. The summed E-state index contributed by atoms with van der Waals surface area (Å²) in [6, 6.07) is -0.301. The van der Waals surface area contributed by atoms with Crippen LogP contribution >= 0.6 is 0 Å². The van der Waals surface area contributed by atoms with Crippen molar-refractivity contribution in [3.8, 4) is 0 Å². The third-order valence-electron chi connectivity index (χ3n) is 4.98. The van der Waals surface area contributed by atoms with E-state index in [-0.39, 0.29) is 25.2 Å². The quantitative estimate of drug-likeness (QED) is 0.508. The van der Waals surface area contributed by atoms with Crippen LogP contribution in [0.4, 0.5) is 0 Å². The Balaban J connectivity index is 0.000000960. The Kier molecular flexibility index (Phi) is 12.0. The van der Waals surface area contributed by atoms with Gasteiger partial charge in [-0.05, 0) is 25.3 Å². The Bertz CT molecular complexity index is 547. The largest absolute Gasteiger partial charge is 0.393 e. The van der Waals surface area contributed by atoms with Crippen LogP contribution in [0.2, 0.25) is 0 Å². The molecule has 0 spiro atoms. The summed E-state index contributed by atoms with van der Waals surface area (Å²) in [4.78, 5) is 16.5. The van der Waals surface area contributed by atoms with Crippen LogP contribution in [0.3, 0.4) is 0 Å². The lowest BCUT2D eigenvalue weighted by molar-refractivity contribution is -0.182. The van der Waals surface area contributed by atoms with E-state index in [2.05, 4.69) is 30.7 Å². The molecule has 1 saturated carbocycles. The van der Waals surface area contributed by atoms with Crippen LogP contribution in [0, 0.1) is 0 Å². The Morgan fingerprint density at radius 1 is 1.31 bits per heavy atom. The minimum atomic E-state index is -1.49. The second-order valence-corrected chi connectivity index (χ2v) is 7.63. The molecule has 0 aromatic rings. The van der Waals surface area contributed by atoms with Gasteiger partial charge in [0.05, 0.1) is 25.4 Å². The summed E-state index contributed by atoms with van der Waals surface area (Å²) < 4.78 is 11.1. The van der Waals surface area contributed by atoms with Crippen molar-refractivity contribution in [2.24, 2.45) is 4.99 Å². The maximum atomic E-state index is 12.4. The molecule has 1 heterocycles. The zero-order chi connectivity index (χ0) is 21.7. The van der Waals surface area contributed by atoms with E-state index in [0.29, 0.717) is 26.1 Å². The van der Waals surface area contributed by atoms with E-state index in [1.54, 1.807) is 18.5 Å². The molecule has 7 heteroatoms. The van der Waals surface area contributed by atoms with Gasteiger partial charge in [-0.15, -0.1) is 0 Å². The molecule has 29 heavy (non-hydrogen) atoms. The van der Waals surface area contributed by atoms with E-state index in [9.17, 15) is 15.0 Å². The second kappa shape index (κ2) is 13.6. The van der Waals surface area contributed by atoms with Gasteiger partial charge in [0.2, 0.25) is 0 Å². The Morgan fingerprint density at radius 3 is 2.45 bits per heavy atom. The summed E-state index contributed by atoms with van der Waals surface area (Å²) in [5.41, 5.74) is -0.633. The summed E-state index contributed by atoms with van der Waals surface area (Å²) in [5.74, 6) is -0.464. The molecular formula is C22H38N2O5. The minimum absolute atomic E-state index is 0.0672. The van der Waals surface area contributed by atoms with Crippen LogP contribution in [0.1, 0.15) is 65.7 Å². The van der Waals surface area contributed by atoms with Gasteiger partial charge in [-0.3, -0.25) is 9.79 Å². The lowest BCUT2D eigenvalue weighted by atomic mass is 9.76. The van der Waals surface area contributed by atoms with Crippen LogP contribution in [0.15, 0.2) is 29.4 Å². The summed E-state index contributed by atoms with van der Waals surface area (Å²) in [6.45, 7) is 11.2. The molecule has 1 amide bonds. The molecule has 1 saturated heterocycles. The number of unbranched alkanes of at least 4 members (excludes halogenated alkanes) is 1. The van der Waals surface area contributed by atoms with E-state index in [1.165, 1.54) is 12.8 Å². The molecule has 3 N–H and O–H groups in total. The van der Waals surface area contributed by atoms with Crippen LogP contribution < -0.4 is 5.32 Å². The molecule has 0 aromatic heterocycles. The Morgan fingerprint density at radius 2 is 1.93 bits per heavy atom. The zero-order valence-electron chi connectivity index (χ0n) is 18.1. The van der Waals surface area contributed by atoms with Crippen LogP contribution in [-0.2, 0) is 14.3 Å². The highest BCUT2D eigenvalue weighted by Gasteiger charge is 2.48. The number of nitrogens with one attached hydrogen (secondary N) is 1. The molecule has 2 rings (SSSR count). The molecule has 2 fully saturated rings. The van der Waals surface area contributed by atoms with E-state index >= 15 is 0 Å². The first-order valence-electron chi connectivity index (χ1n) is 10.6. The lowest BCUT2D eigenvalue weighted by Crippen LogP contribution is -2.59. The molecule has 1 unspecified atom stereocenters. The molecule has 0 bridgehead atoms.